The molecule has 0 spiro atoms. The van der Waals surface area contributed by atoms with Gasteiger partial charge in [0.25, 0.3) is 0 Å². The Morgan fingerprint density at radius 3 is 1.21 bits per heavy atom. The Kier molecular flexibility index (Phi) is 16.4. The van der Waals surface area contributed by atoms with Crippen LogP contribution in [0.2, 0.25) is 0 Å². The Balaban J connectivity index is 1.35. The molecule has 0 saturated carbocycles. The zero-order valence-electron chi connectivity index (χ0n) is 39.8. The second-order valence-electron chi connectivity index (χ2n) is 20.2. The molecule has 0 aliphatic heterocycles. The highest BCUT2D eigenvalue weighted by atomic mass is 16.6. The molecule has 0 fully saturated rings. The van der Waals surface area contributed by atoms with Crippen molar-refractivity contribution in [2.24, 2.45) is 0 Å². The molecule has 1 atom stereocenters. The molecular weight excluding hydrogens is 743 g/mol. The quantitative estimate of drug-likeness (QED) is 0.0715. The molecule has 1 N–H and O–H groups in total. The molecule has 1 unspecified atom stereocenters. The minimum atomic E-state index is -0.473. The molecule has 0 saturated heterocycles. The van der Waals surface area contributed by atoms with Gasteiger partial charge >= 0.3 is 6.09 Å². The van der Waals surface area contributed by atoms with Gasteiger partial charge in [0, 0.05) is 17.4 Å². The first-order chi connectivity index (χ1) is 29.5. The standard InChI is InChI=1S/C58H81NO2/c1-9-12-15-18-23-36-58(37-24-19-20-25-38-59-55(60)61-56(6,7)8)52-40-44(5)27-31-48(52)50-33-29-46(42-54(50)58)45-28-32-49-47-30-26-43(4)39-51(47)57(53(49)41-45,34-21-16-13-10-2)35-22-17-14-11-3/h26-33,39-42H,9-25,34-38H2,1-8H3,(H,59,60). The van der Waals surface area contributed by atoms with Crippen molar-refractivity contribution in [2.45, 2.75) is 207 Å². The fourth-order valence-corrected chi connectivity index (χ4v) is 11.1. The maximum atomic E-state index is 12.3. The third-order valence-electron chi connectivity index (χ3n) is 14.2. The van der Waals surface area contributed by atoms with Gasteiger partial charge in [-0.25, -0.2) is 4.79 Å². The van der Waals surface area contributed by atoms with Gasteiger partial charge in [0.2, 0.25) is 0 Å². The molecule has 0 aromatic heterocycles. The summed E-state index contributed by atoms with van der Waals surface area (Å²) in [5, 5.41) is 2.97. The Morgan fingerprint density at radius 1 is 0.475 bits per heavy atom. The predicted molar refractivity (Wildman–Crippen MR) is 262 cm³/mol. The molecule has 0 radical (unpaired) electrons. The van der Waals surface area contributed by atoms with Crippen molar-refractivity contribution < 1.29 is 9.53 Å². The van der Waals surface area contributed by atoms with Crippen molar-refractivity contribution in [2.75, 3.05) is 6.54 Å². The molecule has 61 heavy (non-hydrogen) atoms. The third kappa shape index (κ3) is 11.0. The van der Waals surface area contributed by atoms with Crippen molar-refractivity contribution in [1.29, 1.82) is 0 Å². The lowest BCUT2D eigenvalue weighted by molar-refractivity contribution is 0.0527. The molecule has 330 valence electrons. The number of alkyl carbamates (subject to hydrolysis) is 1. The molecule has 3 heteroatoms. The molecule has 6 rings (SSSR count). The van der Waals surface area contributed by atoms with E-state index in [1.807, 2.05) is 20.8 Å². The van der Waals surface area contributed by atoms with E-state index in [4.69, 9.17) is 4.74 Å². The zero-order valence-corrected chi connectivity index (χ0v) is 39.8. The highest BCUT2D eigenvalue weighted by Gasteiger charge is 2.44. The largest absolute Gasteiger partial charge is 0.444 e. The Hall–Kier alpha value is -3.85. The van der Waals surface area contributed by atoms with Crippen LogP contribution in [0.5, 0.6) is 0 Å². The van der Waals surface area contributed by atoms with Gasteiger partial charge in [-0.3, -0.25) is 0 Å². The molecule has 1 amide bonds. The monoisotopic (exact) mass is 824 g/mol. The summed E-state index contributed by atoms with van der Waals surface area (Å²) in [5.74, 6) is 0. The van der Waals surface area contributed by atoms with Crippen LogP contribution in [0.25, 0.3) is 33.4 Å². The van der Waals surface area contributed by atoms with Crippen LogP contribution in [-0.4, -0.2) is 18.2 Å². The minimum Gasteiger partial charge on any atom is -0.444 e. The van der Waals surface area contributed by atoms with Gasteiger partial charge in [-0.1, -0.05) is 195 Å². The molecule has 2 aliphatic rings. The minimum absolute atomic E-state index is 0.000476. The van der Waals surface area contributed by atoms with Crippen molar-refractivity contribution >= 4 is 6.09 Å². The van der Waals surface area contributed by atoms with Crippen LogP contribution in [0.15, 0.2) is 72.8 Å². The van der Waals surface area contributed by atoms with E-state index in [0.29, 0.717) is 6.54 Å². The van der Waals surface area contributed by atoms with Crippen LogP contribution in [-0.2, 0) is 15.6 Å². The highest BCUT2D eigenvalue weighted by molar-refractivity contribution is 5.87. The number of ether oxygens (including phenoxy) is 1. The summed E-state index contributed by atoms with van der Waals surface area (Å²) in [4.78, 5) is 12.3. The number of carbonyl (C=O) groups is 1. The van der Waals surface area contributed by atoms with Crippen molar-refractivity contribution in [3.05, 3.63) is 106 Å². The van der Waals surface area contributed by atoms with Gasteiger partial charge in [-0.15, -0.1) is 0 Å². The number of rotatable bonds is 24. The number of benzene rings is 4. The normalized spacial score (nSPS) is 15.9. The number of unbranched alkanes of at least 4 members (excludes halogenated alkanes) is 13. The summed E-state index contributed by atoms with van der Waals surface area (Å²) < 4.78 is 5.47. The maximum Gasteiger partial charge on any atom is 0.407 e. The van der Waals surface area contributed by atoms with Gasteiger partial charge in [0.1, 0.15) is 5.60 Å². The molecular formula is C58H81NO2. The first kappa shape index (κ1) is 46.6. The topological polar surface area (TPSA) is 38.3 Å². The molecule has 4 aromatic rings. The van der Waals surface area contributed by atoms with E-state index in [1.165, 1.54) is 154 Å². The fraction of sp³-hybridized carbons (Fsp3) is 0.569. The molecule has 0 bridgehead atoms. The van der Waals surface area contributed by atoms with Crippen molar-refractivity contribution in [3.8, 4) is 33.4 Å². The van der Waals surface area contributed by atoms with Crippen LogP contribution < -0.4 is 5.32 Å². The third-order valence-corrected chi connectivity index (χ3v) is 14.2. The Labute approximate surface area is 372 Å². The second kappa shape index (κ2) is 21.5. The summed E-state index contributed by atoms with van der Waals surface area (Å²) in [6.45, 7) is 18.0. The number of hydrogen-bond donors (Lipinski definition) is 1. The lowest BCUT2D eigenvalue weighted by Crippen LogP contribution is -2.33. The van der Waals surface area contributed by atoms with E-state index in [-0.39, 0.29) is 16.9 Å². The SMILES string of the molecule is CCCCCCCC1(CCCCCCNC(=O)OC(C)(C)C)c2cc(C)ccc2-c2ccc(-c3ccc4c(c3)C(CCCCCC)(CCCCCC)c3cc(C)ccc3-4)cc21. The van der Waals surface area contributed by atoms with Crippen LogP contribution >= 0.6 is 0 Å². The number of nitrogens with one attached hydrogen (secondary N) is 1. The number of carbonyl (C=O) groups excluding carboxylic acids is 1. The highest BCUT2D eigenvalue weighted by Crippen LogP contribution is 2.57. The average Bonchev–Trinajstić information content (AvgIpc) is 3.65. The summed E-state index contributed by atoms with van der Waals surface area (Å²) in [5.41, 5.74) is 17.2. The molecule has 3 nitrogen and oxygen atoms in total. The van der Waals surface area contributed by atoms with E-state index < -0.39 is 5.60 Å². The fourth-order valence-electron chi connectivity index (χ4n) is 11.1. The smallest absolute Gasteiger partial charge is 0.407 e. The van der Waals surface area contributed by atoms with E-state index >= 15 is 0 Å². The summed E-state index contributed by atoms with van der Waals surface area (Å²) in [6.07, 6.45) is 25.8. The molecule has 4 aromatic carbocycles. The lowest BCUT2D eigenvalue weighted by atomic mass is 9.69. The number of fused-ring (bicyclic) bond motifs is 6. The summed E-state index contributed by atoms with van der Waals surface area (Å²) >= 11 is 0. The van der Waals surface area contributed by atoms with E-state index in [2.05, 4.69) is 113 Å². The Bertz CT molecular complexity index is 2040. The summed E-state index contributed by atoms with van der Waals surface area (Å²) in [7, 11) is 0. The van der Waals surface area contributed by atoms with Gasteiger partial charge < -0.3 is 10.1 Å². The van der Waals surface area contributed by atoms with Gasteiger partial charge in [0.05, 0.1) is 0 Å². The number of amides is 1. The lowest BCUT2D eigenvalue weighted by Gasteiger charge is -2.34. The van der Waals surface area contributed by atoms with E-state index in [0.717, 1.165) is 25.7 Å². The number of aryl methyl sites for hydroxylation is 2. The average molecular weight is 824 g/mol. The first-order valence-corrected chi connectivity index (χ1v) is 25.0. The summed E-state index contributed by atoms with van der Waals surface area (Å²) in [6, 6.07) is 29.7. The van der Waals surface area contributed by atoms with Crippen LogP contribution in [0.3, 0.4) is 0 Å². The van der Waals surface area contributed by atoms with Crippen molar-refractivity contribution in [3.63, 3.8) is 0 Å². The van der Waals surface area contributed by atoms with Gasteiger partial charge in [-0.2, -0.15) is 0 Å². The van der Waals surface area contributed by atoms with Crippen LogP contribution in [0.4, 0.5) is 4.79 Å². The van der Waals surface area contributed by atoms with Crippen molar-refractivity contribution in [1.82, 2.24) is 5.32 Å². The predicted octanol–water partition coefficient (Wildman–Crippen LogP) is 17.3. The number of hydrogen-bond acceptors (Lipinski definition) is 2. The van der Waals surface area contributed by atoms with Crippen LogP contribution in [0, 0.1) is 13.8 Å². The van der Waals surface area contributed by atoms with Gasteiger partial charge in [0.15, 0.2) is 0 Å². The Morgan fingerprint density at radius 2 is 0.820 bits per heavy atom. The first-order valence-electron chi connectivity index (χ1n) is 25.0. The molecule has 0 heterocycles. The maximum absolute atomic E-state index is 12.3. The molecule has 2 aliphatic carbocycles. The van der Waals surface area contributed by atoms with Gasteiger partial charge in [-0.05, 0) is 134 Å². The van der Waals surface area contributed by atoms with E-state index in [1.54, 1.807) is 22.3 Å². The van der Waals surface area contributed by atoms with E-state index in [9.17, 15) is 4.79 Å². The second-order valence-corrected chi connectivity index (χ2v) is 20.2. The zero-order chi connectivity index (χ0) is 43.5. The van der Waals surface area contributed by atoms with Crippen LogP contribution in [0.1, 0.15) is 210 Å².